The molecule has 3 rings (SSSR count). The summed E-state index contributed by atoms with van der Waals surface area (Å²) >= 11 is 0. The van der Waals surface area contributed by atoms with Gasteiger partial charge in [-0.1, -0.05) is 43.2 Å². The minimum absolute atomic E-state index is 0.265. The number of carboxylic acids is 1. The molecule has 0 saturated heterocycles. The van der Waals surface area contributed by atoms with E-state index in [0.29, 0.717) is 0 Å². The van der Waals surface area contributed by atoms with Crippen molar-refractivity contribution >= 4 is 16.7 Å². The number of hydrogen-bond donors (Lipinski definition) is 1. The summed E-state index contributed by atoms with van der Waals surface area (Å²) < 4.78 is 5.78. The van der Waals surface area contributed by atoms with Crippen LogP contribution < -0.4 is 4.74 Å². The third-order valence-corrected chi connectivity index (χ3v) is 4.25. The molecule has 2 aromatic carbocycles. The minimum Gasteiger partial charge on any atom is -0.492 e. The smallest absolute Gasteiger partial charge is 0.313 e. The third-order valence-electron chi connectivity index (χ3n) is 4.25. The van der Waals surface area contributed by atoms with Gasteiger partial charge < -0.3 is 9.84 Å². The topological polar surface area (TPSA) is 46.5 Å². The highest BCUT2D eigenvalue weighted by Gasteiger charge is 2.42. The lowest BCUT2D eigenvalue weighted by Gasteiger charge is -2.23. The van der Waals surface area contributed by atoms with Gasteiger partial charge in [0.05, 0.1) is 0 Å². The first kappa shape index (κ1) is 13.0. The van der Waals surface area contributed by atoms with Crippen LogP contribution in [0.4, 0.5) is 0 Å². The Morgan fingerprint density at radius 1 is 1.10 bits per heavy atom. The van der Waals surface area contributed by atoms with Crippen molar-refractivity contribution in [2.45, 2.75) is 25.7 Å². The van der Waals surface area contributed by atoms with Gasteiger partial charge in [-0.3, -0.25) is 4.79 Å². The zero-order valence-electron chi connectivity index (χ0n) is 11.3. The maximum Gasteiger partial charge on any atom is 0.313 e. The summed E-state index contributed by atoms with van der Waals surface area (Å²) in [7, 11) is 0. The number of fused-ring (bicyclic) bond motifs is 1. The monoisotopic (exact) mass is 270 g/mol. The van der Waals surface area contributed by atoms with E-state index >= 15 is 0 Å². The summed E-state index contributed by atoms with van der Waals surface area (Å²) in [6.07, 6.45) is 3.40. The number of rotatable bonds is 4. The van der Waals surface area contributed by atoms with Gasteiger partial charge in [0.1, 0.15) is 17.8 Å². The molecule has 3 heteroatoms. The van der Waals surface area contributed by atoms with Crippen LogP contribution in [0.15, 0.2) is 42.5 Å². The Bertz CT molecular complexity index is 627. The van der Waals surface area contributed by atoms with Crippen molar-refractivity contribution in [3.8, 4) is 5.75 Å². The highest BCUT2D eigenvalue weighted by Crippen LogP contribution is 2.39. The van der Waals surface area contributed by atoms with Crippen molar-refractivity contribution in [3.05, 3.63) is 42.5 Å². The average molecular weight is 270 g/mol. The van der Waals surface area contributed by atoms with E-state index in [2.05, 4.69) is 6.07 Å². The van der Waals surface area contributed by atoms with Gasteiger partial charge in [0.15, 0.2) is 0 Å². The molecule has 20 heavy (non-hydrogen) atoms. The van der Waals surface area contributed by atoms with E-state index in [4.69, 9.17) is 4.74 Å². The Hall–Kier alpha value is -2.03. The van der Waals surface area contributed by atoms with Crippen LogP contribution in [0, 0.1) is 5.41 Å². The van der Waals surface area contributed by atoms with Crippen molar-refractivity contribution in [2.75, 3.05) is 6.61 Å². The Balaban J connectivity index is 1.77. The van der Waals surface area contributed by atoms with Gasteiger partial charge in [-0.2, -0.15) is 0 Å². The van der Waals surface area contributed by atoms with Crippen LogP contribution in [-0.2, 0) is 4.79 Å². The first-order chi connectivity index (χ1) is 9.70. The molecule has 1 fully saturated rings. The summed E-state index contributed by atoms with van der Waals surface area (Å²) in [5.41, 5.74) is -0.689. The third kappa shape index (κ3) is 2.36. The van der Waals surface area contributed by atoms with Crippen molar-refractivity contribution in [1.29, 1.82) is 0 Å². The Morgan fingerprint density at radius 3 is 2.50 bits per heavy atom. The van der Waals surface area contributed by atoms with Gasteiger partial charge >= 0.3 is 5.97 Å². The summed E-state index contributed by atoms with van der Waals surface area (Å²) in [5, 5.41) is 11.7. The van der Waals surface area contributed by atoms with E-state index in [1.54, 1.807) is 0 Å². The molecule has 3 nitrogen and oxygen atoms in total. The van der Waals surface area contributed by atoms with Crippen molar-refractivity contribution in [2.24, 2.45) is 5.41 Å². The SMILES string of the molecule is O=C(O)C1(COc2ccc3ccccc3c2)CCCC1. The zero-order valence-corrected chi connectivity index (χ0v) is 11.3. The van der Waals surface area contributed by atoms with Crippen LogP contribution in [0.2, 0.25) is 0 Å². The van der Waals surface area contributed by atoms with Crippen LogP contribution in [0.5, 0.6) is 5.75 Å². The minimum atomic E-state index is -0.726. The van der Waals surface area contributed by atoms with E-state index in [0.717, 1.165) is 42.2 Å². The average Bonchev–Trinajstić information content (AvgIpc) is 2.95. The molecule has 0 aromatic heterocycles. The molecule has 0 heterocycles. The van der Waals surface area contributed by atoms with Crippen LogP contribution in [-0.4, -0.2) is 17.7 Å². The van der Waals surface area contributed by atoms with E-state index in [1.165, 1.54) is 0 Å². The molecule has 0 spiro atoms. The zero-order chi connectivity index (χ0) is 14.0. The highest BCUT2D eigenvalue weighted by molar-refractivity contribution is 5.83. The van der Waals surface area contributed by atoms with E-state index in [9.17, 15) is 9.90 Å². The van der Waals surface area contributed by atoms with Crippen molar-refractivity contribution in [1.82, 2.24) is 0 Å². The predicted molar refractivity (Wildman–Crippen MR) is 78.0 cm³/mol. The van der Waals surface area contributed by atoms with Gasteiger partial charge in [0.2, 0.25) is 0 Å². The van der Waals surface area contributed by atoms with Crippen molar-refractivity contribution in [3.63, 3.8) is 0 Å². The highest BCUT2D eigenvalue weighted by atomic mass is 16.5. The Morgan fingerprint density at radius 2 is 1.80 bits per heavy atom. The second-order valence-corrected chi connectivity index (χ2v) is 5.59. The number of ether oxygens (including phenoxy) is 1. The van der Waals surface area contributed by atoms with Crippen LogP contribution >= 0.6 is 0 Å². The molecule has 104 valence electrons. The van der Waals surface area contributed by atoms with E-state index in [1.807, 2.05) is 36.4 Å². The Labute approximate surface area is 118 Å². The normalized spacial score (nSPS) is 17.2. The molecule has 0 atom stereocenters. The quantitative estimate of drug-likeness (QED) is 0.917. The molecule has 0 bridgehead atoms. The maximum absolute atomic E-state index is 11.5. The molecule has 0 radical (unpaired) electrons. The fourth-order valence-corrected chi connectivity index (χ4v) is 2.95. The first-order valence-corrected chi connectivity index (χ1v) is 7.05. The molecule has 0 aliphatic heterocycles. The number of benzene rings is 2. The lowest BCUT2D eigenvalue weighted by atomic mass is 9.87. The van der Waals surface area contributed by atoms with E-state index in [-0.39, 0.29) is 6.61 Å². The number of hydrogen-bond acceptors (Lipinski definition) is 2. The molecule has 1 saturated carbocycles. The molecule has 0 amide bonds. The van der Waals surface area contributed by atoms with Crippen LogP contribution in [0.3, 0.4) is 0 Å². The number of carbonyl (C=O) groups is 1. The van der Waals surface area contributed by atoms with Crippen molar-refractivity contribution < 1.29 is 14.6 Å². The lowest BCUT2D eigenvalue weighted by molar-refractivity contribution is -0.150. The summed E-state index contributed by atoms with van der Waals surface area (Å²) in [4.78, 5) is 11.5. The molecule has 2 aromatic rings. The summed E-state index contributed by atoms with van der Waals surface area (Å²) in [5.74, 6) is 0.0204. The van der Waals surface area contributed by atoms with Gasteiger partial charge in [0.25, 0.3) is 0 Å². The van der Waals surface area contributed by atoms with E-state index < -0.39 is 11.4 Å². The molecule has 1 N–H and O–H groups in total. The lowest BCUT2D eigenvalue weighted by Crippen LogP contribution is -2.34. The predicted octanol–water partition coefficient (Wildman–Crippen LogP) is 3.86. The largest absolute Gasteiger partial charge is 0.492 e. The maximum atomic E-state index is 11.5. The molecule has 1 aliphatic rings. The fraction of sp³-hybridized carbons (Fsp3) is 0.353. The second kappa shape index (κ2) is 5.16. The Kier molecular flexibility index (Phi) is 3.35. The summed E-state index contributed by atoms with van der Waals surface area (Å²) in [6.45, 7) is 0.265. The van der Waals surface area contributed by atoms with Gasteiger partial charge in [-0.05, 0) is 35.7 Å². The fourth-order valence-electron chi connectivity index (χ4n) is 2.95. The standard InChI is InChI=1S/C17H18O3/c18-16(19)17(9-3-4-10-17)12-20-15-8-7-13-5-1-2-6-14(13)11-15/h1-2,5-8,11H,3-4,9-10,12H2,(H,18,19). The number of carboxylic acid groups (broad SMARTS) is 1. The molecule has 1 aliphatic carbocycles. The van der Waals surface area contributed by atoms with Gasteiger partial charge in [-0.15, -0.1) is 0 Å². The van der Waals surface area contributed by atoms with Gasteiger partial charge in [-0.25, -0.2) is 0 Å². The van der Waals surface area contributed by atoms with Gasteiger partial charge in [0, 0.05) is 0 Å². The summed E-state index contributed by atoms with van der Waals surface area (Å²) in [6, 6.07) is 14.0. The van der Waals surface area contributed by atoms with Crippen LogP contribution in [0.1, 0.15) is 25.7 Å². The molecule has 0 unspecified atom stereocenters. The first-order valence-electron chi connectivity index (χ1n) is 7.05. The second-order valence-electron chi connectivity index (χ2n) is 5.59. The number of aliphatic carboxylic acids is 1. The van der Waals surface area contributed by atoms with Crippen LogP contribution in [0.25, 0.3) is 10.8 Å². The molecular weight excluding hydrogens is 252 g/mol. The molecular formula is C17H18O3.